The van der Waals surface area contributed by atoms with E-state index >= 15 is 0 Å². The Labute approximate surface area is 101 Å². The Balaban J connectivity index is 2.36. The maximum Gasteiger partial charge on any atom is 0.152 e. The van der Waals surface area contributed by atoms with Gasteiger partial charge in [0.2, 0.25) is 0 Å². The van der Waals surface area contributed by atoms with Crippen molar-refractivity contribution in [3.63, 3.8) is 0 Å². The summed E-state index contributed by atoms with van der Waals surface area (Å²) in [5, 5.41) is 2.57. The van der Waals surface area contributed by atoms with E-state index in [1.54, 1.807) is 17.4 Å². The lowest BCUT2D eigenvalue weighted by atomic mass is 10.1. The highest BCUT2D eigenvalue weighted by Gasteiger charge is 2.13. The van der Waals surface area contributed by atoms with Gasteiger partial charge in [-0.15, -0.1) is 11.3 Å². The Bertz CT molecular complexity index is 685. The van der Waals surface area contributed by atoms with Gasteiger partial charge < -0.3 is 4.98 Å². The van der Waals surface area contributed by atoms with Crippen molar-refractivity contribution >= 4 is 28.5 Å². The Morgan fingerprint density at radius 3 is 2.88 bits per heavy atom. The number of fused-ring (bicyclic) bond motifs is 1. The van der Waals surface area contributed by atoms with Gasteiger partial charge in [-0.3, -0.25) is 4.79 Å². The van der Waals surface area contributed by atoms with Crippen LogP contribution < -0.4 is 0 Å². The molecule has 4 heteroatoms. The Hall–Kier alpha value is -1.94. The Kier molecular flexibility index (Phi) is 2.30. The van der Waals surface area contributed by atoms with E-state index in [0.717, 1.165) is 22.4 Å². The summed E-state index contributed by atoms with van der Waals surface area (Å²) in [4.78, 5) is 15.3. The first-order valence-electron chi connectivity index (χ1n) is 5.10. The highest BCUT2D eigenvalue weighted by Crippen LogP contribution is 2.32. The number of aldehydes is 1. The predicted molar refractivity (Wildman–Crippen MR) is 67.0 cm³/mol. The number of rotatable bonds is 2. The lowest BCUT2D eigenvalue weighted by Gasteiger charge is -1.93. The van der Waals surface area contributed by atoms with Crippen LogP contribution in [-0.4, -0.2) is 11.3 Å². The molecule has 0 bridgehead atoms. The number of hydrogen-bond donors (Lipinski definition) is 1. The fourth-order valence-corrected chi connectivity index (χ4v) is 2.66. The van der Waals surface area contributed by atoms with Crippen molar-refractivity contribution in [2.75, 3.05) is 0 Å². The van der Waals surface area contributed by atoms with Crippen molar-refractivity contribution in [2.45, 2.75) is 0 Å². The molecule has 2 heterocycles. The van der Waals surface area contributed by atoms with Crippen molar-refractivity contribution in [1.82, 2.24) is 4.98 Å². The first-order valence-corrected chi connectivity index (χ1v) is 5.98. The SMILES string of the molecule is O=Cc1c(-c2cccs2)[nH]c2ccc(F)cc12. The van der Waals surface area contributed by atoms with Gasteiger partial charge >= 0.3 is 0 Å². The smallest absolute Gasteiger partial charge is 0.152 e. The number of hydrogen-bond acceptors (Lipinski definition) is 2. The largest absolute Gasteiger partial charge is 0.353 e. The van der Waals surface area contributed by atoms with Crippen LogP contribution in [0.3, 0.4) is 0 Å². The molecule has 0 unspecified atom stereocenters. The first kappa shape index (κ1) is 10.2. The van der Waals surface area contributed by atoms with Gasteiger partial charge in [0.1, 0.15) is 5.82 Å². The molecule has 1 aromatic carbocycles. The Morgan fingerprint density at radius 1 is 1.29 bits per heavy atom. The van der Waals surface area contributed by atoms with Crippen molar-refractivity contribution in [1.29, 1.82) is 0 Å². The van der Waals surface area contributed by atoms with E-state index < -0.39 is 0 Å². The third-order valence-electron chi connectivity index (χ3n) is 2.69. The van der Waals surface area contributed by atoms with E-state index in [1.807, 2.05) is 17.5 Å². The third-order valence-corrected chi connectivity index (χ3v) is 3.57. The van der Waals surface area contributed by atoms with Gasteiger partial charge in [-0.1, -0.05) is 6.07 Å². The maximum absolute atomic E-state index is 13.2. The predicted octanol–water partition coefficient (Wildman–Crippen LogP) is 3.85. The van der Waals surface area contributed by atoms with Crippen LogP contribution in [-0.2, 0) is 0 Å². The molecule has 0 radical (unpaired) electrons. The third kappa shape index (κ3) is 1.57. The summed E-state index contributed by atoms with van der Waals surface area (Å²) < 4.78 is 13.2. The summed E-state index contributed by atoms with van der Waals surface area (Å²) in [6, 6.07) is 8.26. The quantitative estimate of drug-likeness (QED) is 0.683. The summed E-state index contributed by atoms with van der Waals surface area (Å²) >= 11 is 1.54. The van der Waals surface area contributed by atoms with Crippen LogP contribution in [0.15, 0.2) is 35.7 Å². The summed E-state index contributed by atoms with van der Waals surface area (Å²) in [5.41, 5.74) is 2.05. The van der Waals surface area contributed by atoms with Gasteiger partial charge in [0.15, 0.2) is 6.29 Å². The zero-order chi connectivity index (χ0) is 11.8. The molecule has 0 fully saturated rings. The summed E-state index contributed by atoms with van der Waals surface area (Å²) in [6.07, 6.45) is 0.771. The average Bonchev–Trinajstić information content (AvgIpc) is 2.94. The molecule has 0 aliphatic heterocycles. The van der Waals surface area contributed by atoms with Crippen LogP contribution in [0.2, 0.25) is 0 Å². The second-order valence-electron chi connectivity index (χ2n) is 3.70. The van der Waals surface area contributed by atoms with Crippen LogP contribution in [0.5, 0.6) is 0 Å². The number of halogens is 1. The standard InChI is InChI=1S/C13H8FNOS/c14-8-3-4-11-9(6-8)10(7-16)13(15-11)12-2-1-5-17-12/h1-7,15H. The lowest BCUT2D eigenvalue weighted by Crippen LogP contribution is -1.81. The monoisotopic (exact) mass is 245 g/mol. The number of carbonyl (C=O) groups excluding carboxylic acids is 1. The summed E-state index contributed by atoms with van der Waals surface area (Å²) in [5.74, 6) is -0.336. The second kappa shape index (κ2) is 3.82. The molecule has 1 N–H and O–H groups in total. The average molecular weight is 245 g/mol. The molecular weight excluding hydrogens is 237 g/mol. The molecule has 2 aromatic heterocycles. The molecule has 84 valence electrons. The Morgan fingerprint density at radius 2 is 2.18 bits per heavy atom. The zero-order valence-corrected chi connectivity index (χ0v) is 9.55. The first-order chi connectivity index (χ1) is 8.29. The van der Waals surface area contributed by atoms with Gasteiger partial charge in [0.25, 0.3) is 0 Å². The van der Waals surface area contributed by atoms with Crippen molar-refractivity contribution in [2.24, 2.45) is 0 Å². The molecule has 3 aromatic rings. The van der Waals surface area contributed by atoms with Crippen LogP contribution in [0.1, 0.15) is 10.4 Å². The number of H-pyrrole nitrogens is 1. The fraction of sp³-hybridized carbons (Fsp3) is 0. The van der Waals surface area contributed by atoms with E-state index in [-0.39, 0.29) is 5.82 Å². The van der Waals surface area contributed by atoms with Crippen LogP contribution in [0.25, 0.3) is 21.5 Å². The molecule has 0 saturated carbocycles. The van der Waals surface area contributed by atoms with E-state index in [4.69, 9.17) is 0 Å². The zero-order valence-electron chi connectivity index (χ0n) is 8.74. The molecule has 0 atom stereocenters. The lowest BCUT2D eigenvalue weighted by molar-refractivity contribution is 0.112. The molecule has 3 rings (SSSR count). The van der Waals surface area contributed by atoms with E-state index in [1.165, 1.54) is 12.1 Å². The normalized spacial score (nSPS) is 10.9. The van der Waals surface area contributed by atoms with Gasteiger partial charge in [-0.25, -0.2) is 4.39 Å². The summed E-state index contributed by atoms with van der Waals surface area (Å²) in [6.45, 7) is 0. The minimum Gasteiger partial charge on any atom is -0.353 e. The van der Waals surface area contributed by atoms with Crippen molar-refractivity contribution < 1.29 is 9.18 Å². The highest BCUT2D eigenvalue weighted by molar-refractivity contribution is 7.13. The summed E-state index contributed by atoms with van der Waals surface area (Å²) in [7, 11) is 0. The molecular formula is C13H8FNOS. The number of nitrogens with one attached hydrogen (secondary N) is 1. The van der Waals surface area contributed by atoms with Gasteiger partial charge in [0.05, 0.1) is 10.6 Å². The van der Waals surface area contributed by atoms with E-state index in [2.05, 4.69) is 4.98 Å². The minimum atomic E-state index is -0.336. The van der Waals surface area contributed by atoms with Crippen molar-refractivity contribution in [3.8, 4) is 10.6 Å². The number of thiophene rings is 1. The van der Waals surface area contributed by atoms with Gasteiger partial charge in [-0.05, 0) is 29.6 Å². The van der Waals surface area contributed by atoms with E-state index in [9.17, 15) is 9.18 Å². The molecule has 0 aliphatic carbocycles. The molecule has 17 heavy (non-hydrogen) atoms. The highest BCUT2D eigenvalue weighted by atomic mass is 32.1. The topological polar surface area (TPSA) is 32.9 Å². The van der Waals surface area contributed by atoms with Crippen LogP contribution >= 0.6 is 11.3 Å². The molecule has 0 amide bonds. The van der Waals surface area contributed by atoms with Gasteiger partial charge in [-0.2, -0.15) is 0 Å². The number of aromatic amines is 1. The molecule has 2 nitrogen and oxygen atoms in total. The van der Waals surface area contributed by atoms with E-state index in [0.29, 0.717) is 10.9 Å². The second-order valence-corrected chi connectivity index (χ2v) is 4.65. The molecule has 0 aliphatic rings. The number of aromatic nitrogens is 1. The molecule has 0 spiro atoms. The van der Waals surface area contributed by atoms with Crippen LogP contribution in [0.4, 0.5) is 4.39 Å². The fourth-order valence-electron chi connectivity index (χ4n) is 1.92. The number of carbonyl (C=O) groups is 1. The van der Waals surface area contributed by atoms with Gasteiger partial charge in [0, 0.05) is 16.5 Å². The number of benzene rings is 1. The van der Waals surface area contributed by atoms with Crippen molar-refractivity contribution in [3.05, 3.63) is 47.1 Å². The van der Waals surface area contributed by atoms with Crippen LogP contribution in [0, 0.1) is 5.82 Å². The minimum absolute atomic E-state index is 0.336. The maximum atomic E-state index is 13.2. The molecule has 0 saturated heterocycles.